The minimum atomic E-state index is -3.84. The van der Waals surface area contributed by atoms with Gasteiger partial charge in [-0.15, -0.1) is 0 Å². The van der Waals surface area contributed by atoms with Crippen LogP contribution in [0.15, 0.2) is 77.7 Å². The van der Waals surface area contributed by atoms with Crippen molar-refractivity contribution in [3.63, 3.8) is 0 Å². The molecule has 0 aliphatic heterocycles. The number of methoxy groups -OCH3 is 1. The third-order valence-corrected chi connectivity index (χ3v) is 8.00. The average molecular weight is 536 g/mol. The SMILES string of the molecule is COC(=O)c1ccc(CNCC2CCCC2C(=O)NCc2ccc(-c3ccccc3S(N)(=O)=O)cc2)cc1. The molecule has 1 saturated carbocycles. The second-order valence-electron chi connectivity index (χ2n) is 9.57. The van der Waals surface area contributed by atoms with Crippen molar-refractivity contribution in [3.05, 3.63) is 89.5 Å². The van der Waals surface area contributed by atoms with Crippen molar-refractivity contribution in [2.24, 2.45) is 17.0 Å². The number of ether oxygens (including phenoxy) is 1. The Balaban J connectivity index is 1.28. The summed E-state index contributed by atoms with van der Waals surface area (Å²) < 4.78 is 28.6. The number of benzene rings is 3. The van der Waals surface area contributed by atoms with Crippen molar-refractivity contribution in [1.29, 1.82) is 0 Å². The van der Waals surface area contributed by atoms with Gasteiger partial charge in [-0.3, -0.25) is 4.79 Å². The third-order valence-electron chi connectivity index (χ3n) is 7.03. The Kier molecular flexibility index (Phi) is 8.93. The number of rotatable bonds is 10. The fourth-order valence-corrected chi connectivity index (χ4v) is 5.74. The molecule has 0 bridgehead atoms. The standard InChI is InChI=1S/C29H33N3O5S/c1-37-29(34)23-15-11-20(12-16-23)17-31-19-24-5-4-7-26(24)28(33)32-18-21-9-13-22(14-10-21)25-6-2-3-8-27(25)38(30,35)36/h2-3,6,8-16,24,26,31H,4-5,7,17-19H2,1H3,(H,32,33)(H2,30,35,36). The van der Waals surface area contributed by atoms with Crippen LogP contribution in [-0.4, -0.2) is 33.9 Å². The zero-order valence-electron chi connectivity index (χ0n) is 21.4. The summed E-state index contributed by atoms with van der Waals surface area (Å²) >= 11 is 0. The molecule has 1 aliphatic carbocycles. The van der Waals surface area contributed by atoms with Gasteiger partial charge in [0, 0.05) is 24.6 Å². The van der Waals surface area contributed by atoms with Crippen LogP contribution >= 0.6 is 0 Å². The van der Waals surface area contributed by atoms with E-state index in [1.54, 1.807) is 30.3 Å². The molecule has 3 aromatic rings. The molecular formula is C29H33N3O5S. The maximum absolute atomic E-state index is 13.0. The first-order valence-corrected chi connectivity index (χ1v) is 14.2. The van der Waals surface area contributed by atoms with Gasteiger partial charge in [0.05, 0.1) is 17.6 Å². The van der Waals surface area contributed by atoms with Crippen molar-refractivity contribution in [1.82, 2.24) is 10.6 Å². The second kappa shape index (κ2) is 12.3. The molecule has 0 saturated heterocycles. The Bertz CT molecular complexity index is 1370. The smallest absolute Gasteiger partial charge is 0.337 e. The Morgan fingerprint density at radius 3 is 2.26 bits per heavy atom. The van der Waals surface area contributed by atoms with E-state index in [0.717, 1.165) is 42.5 Å². The zero-order valence-corrected chi connectivity index (χ0v) is 22.2. The quantitative estimate of drug-likeness (QED) is 0.340. The molecule has 8 nitrogen and oxygen atoms in total. The lowest BCUT2D eigenvalue weighted by Gasteiger charge is -2.20. The lowest BCUT2D eigenvalue weighted by molar-refractivity contribution is -0.126. The highest BCUT2D eigenvalue weighted by atomic mass is 32.2. The molecule has 0 radical (unpaired) electrons. The van der Waals surface area contributed by atoms with Gasteiger partial charge in [0.25, 0.3) is 0 Å². The number of carbonyl (C=O) groups is 2. The van der Waals surface area contributed by atoms with E-state index in [-0.39, 0.29) is 28.6 Å². The van der Waals surface area contributed by atoms with Crippen molar-refractivity contribution in [2.45, 2.75) is 37.2 Å². The fraction of sp³-hybridized carbons (Fsp3) is 0.310. The zero-order chi connectivity index (χ0) is 27.1. The van der Waals surface area contributed by atoms with Crippen molar-refractivity contribution in [3.8, 4) is 11.1 Å². The summed E-state index contributed by atoms with van der Waals surface area (Å²) in [7, 11) is -2.47. The number of sulfonamides is 1. The van der Waals surface area contributed by atoms with Gasteiger partial charge in [0.1, 0.15) is 0 Å². The van der Waals surface area contributed by atoms with E-state index < -0.39 is 10.0 Å². The van der Waals surface area contributed by atoms with E-state index in [9.17, 15) is 18.0 Å². The van der Waals surface area contributed by atoms with Gasteiger partial charge in [-0.2, -0.15) is 0 Å². The first-order chi connectivity index (χ1) is 18.3. The minimum Gasteiger partial charge on any atom is -0.465 e. The molecule has 2 unspecified atom stereocenters. The van der Waals surface area contributed by atoms with Crippen LogP contribution in [0.25, 0.3) is 11.1 Å². The van der Waals surface area contributed by atoms with Crippen LogP contribution in [-0.2, 0) is 32.6 Å². The first-order valence-electron chi connectivity index (χ1n) is 12.6. The summed E-state index contributed by atoms with van der Waals surface area (Å²) in [4.78, 5) is 24.6. The maximum atomic E-state index is 13.0. The average Bonchev–Trinajstić information content (AvgIpc) is 3.40. The van der Waals surface area contributed by atoms with Crippen LogP contribution in [0.1, 0.15) is 40.7 Å². The molecule has 1 aliphatic rings. The van der Waals surface area contributed by atoms with Crippen molar-refractivity contribution < 1.29 is 22.7 Å². The molecule has 2 atom stereocenters. The largest absolute Gasteiger partial charge is 0.465 e. The number of esters is 1. The van der Waals surface area contributed by atoms with E-state index in [4.69, 9.17) is 9.88 Å². The van der Waals surface area contributed by atoms with E-state index in [0.29, 0.717) is 24.2 Å². The molecular weight excluding hydrogens is 502 g/mol. The summed E-state index contributed by atoms with van der Waals surface area (Å²) in [6, 6.07) is 21.4. The van der Waals surface area contributed by atoms with Gasteiger partial charge in [-0.25, -0.2) is 18.4 Å². The van der Waals surface area contributed by atoms with Crippen LogP contribution in [0, 0.1) is 11.8 Å². The molecule has 1 fully saturated rings. The van der Waals surface area contributed by atoms with Crippen molar-refractivity contribution >= 4 is 21.9 Å². The fourth-order valence-electron chi connectivity index (χ4n) is 4.98. The van der Waals surface area contributed by atoms with Crippen LogP contribution in [0.2, 0.25) is 0 Å². The summed E-state index contributed by atoms with van der Waals surface area (Å²) in [5.41, 5.74) is 3.80. The van der Waals surface area contributed by atoms with Crippen LogP contribution in [0.4, 0.5) is 0 Å². The van der Waals surface area contributed by atoms with E-state index in [1.165, 1.54) is 13.2 Å². The number of amides is 1. The minimum absolute atomic E-state index is 0.0369. The highest BCUT2D eigenvalue weighted by molar-refractivity contribution is 7.89. The summed E-state index contributed by atoms with van der Waals surface area (Å²) in [6.07, 6.45) is 2.90. The molecule has 0 aromatic heterocycles. The molecule has 1 amide bonds. The highest BCUT2D eigenvalue weighted by Crippen LogP contribution is 2.32. The second-order valence-corrected chi connectivity index (χ2v) is 11.1. The van der Waals surface area contributed by atoms with Crippen molar-refractivity contribution in [2.75, 3.05) is 13.7 Å². The molecule has 0 spiro atoms. The Morgan fingerprint density at radius 1 is 0.921 bits per heavy atom. The van der Waals surface area contributed by atoms with Gasteiger partial charge in [0.15, 0.2) is 0 Å². The number of nitrogens with two attached hydrogens (primary N) is 1. The van der Waals surface area contributed by atoms with Gasteiger partial charge >= 0.3 is 5.97 Å². The maximum Gasteiger partial charge on any atom is 0.337 e. The number of primary sulfonamides is 1. The van der Waals surface area contributed by atoms with Crippen LogP contribution in [0.5, 0.6) is 0 Å². The number of nitrogens with one attached hydrogen (secondary N) is 2. The predicted molar refractivity (Wildman–Crippen MR) is 145 cm³/mol. The number of carbonyl (C=O) groups excluding carboxylic acids is 2. The topological polar surface area (TPSA) is 128 Å². The Hall–Kier alpha value is -3.53. The van der Waals surface area contributed by atoms with Gasteiger partial charge < -0.3 is 15.4 Å². The summed E-state index contributed by atoms with van der Waals surface area (Å²) in [5.74, 6) is -0.0698. The molecule has 4 N–H and O–H groups in total. The Morgan fingerprint density at radius 2 is 1.58 bits per heavy atom. The lowest BCUT2D eigenvalue weighted by atomic mass is 9.95. The molecule has 38 heavy (non-hydrogen) atoms. The molecule has 200 valence electrons. The Labute approximate surface area is 223 Å². The van der Waals surface area contributed by atoms with Crippen LogP contribution < -0.4 is 15.8 Å². The van der Waals surface area contributed by atoms with Crippen LogP contribution in [0.3, 0.4) is 0 Å². The number of hydrogen-bond acceptors (Lipinski definition) is 6. The summed E-state index contributed by atoms with van der Waals surface area (Å²) in [5, 5.41) is 11.9. The predicted octanol–water partition coefficient (Wildman–Crippen LogP) is 3.61. The first kappa shape index (κ1) is 27.5. The van der Waals surface area contributed by atoms with Gasteiger partial charge in [-0.1, -0.05) is 61.0 Å². The number of hydrogen-bond donors (Lipinski definition) is 3. The molecule has 9 heteroatoms. The van der Waals surface area contributed by atoms with Gasteiger partial charge in [0.2, 0.25) is 15.9 Å². The lowest BCUT2D eigenvalue weighted by Crippen LogP contribution is -2.36. The van der Waals surface area contributed by atoms with E-state index in [2.05, 4.69) is 10.6 Å². The van der Waals surface area contributed by atoms with E-state index >= 15 is 0 Å². The molecule has 0 heterocycles. The normalized spacial score (nSPS) is 17.2. The monoisotopic (exact) mass is 535 g/mol. The third kappa shape index (κ3) is 6.86. The summed E-state index contributed by atoms with van der Waals surface area (Å²) in [6.45, 7) is 1.81. The molecule has 4 rings (SSSR count). The van der Waals surface area contributed by atoms with Gasteiger partial charge in [-0.05, 0) is 60.2 Å². The highest BCUT2D eigenvalue weighted by Gasteiger charge is 2.32. The molecule has 3 aromatic carbocycles. The van der Waals surface area contributed by atoms with E-state index in [1.807, 2.05) is 36.4 Å².